The smallest absolute Gasteiger partial charge is 0.264 e. The third-order valence-electron chi connectivity index (χ3n) is 7.07. The van der Waals surface area contributed by atoms with E-state index in [2.05, 4.69) is 32.9 Å². The van der Waals surface area contributed by atoms with Crippen molar-refractivity contribution in [1.82, 2.24) is 0 Å². The second kappa shape index (κ2) is 10.0. The van der Waals surface area contributed by atoms with Gasteiger partial charge in [-0.05, 0) is 71.3 Å². The van der Waals surface area contributed by atoms with Gasteiger partial charge in [0.1, 0.15) is 0 Å². The van der Waals surface area contributed by atoms with Crippen LogP contribution in [0.2, 0.25) is 23.7 Å². The molecule has 3 rings (SSSR count). The summed E-state index contributed by atoms with van der Waals surface area (Å²) < 4.78 is 6.56. The number of hydrogen-bond donors (Lipinski definition) is 2. The lowest BCUT2D eigenvalue weighted by molar-refractivity contribution is -0.146. The van der Waals surface area contributed by atoms with Crippen molar-refractivity contribution in [3.63, 3.8) is 0 Å². The van der Waals surface area contributed by atoms with Gasteiger partial charge >= 0.3 is 0 Å². The van der Waals surface area contributed by atoms with E-state index in [1.807, 2.05) is 32.2 Å². The molecule has 0 radical (unpaired) electrons. The van der Waals surface area contributed by atoms with Crippen LogP contribution in [0.15, 0.2) is 41.5 Å². The van der Waals surface area contributed by atoms with Crippen LogP contribution in [0.3, 0.4) is 0 Å². The van der Waals surface area contributed by atoms with Crippen molar-refractivity contribution >= 4 is 31.5 Å². The maximum absolute atomic E-state index is 14.0. The molecule has 2 aliphatic rings. The predicted octanol–water partition coefficient (Wildman–Crippen LogP) is 5.56. The number of allylic oxidation sites excluding steroid dienone is 3. The van der Waals surface area contributed by atoms with Gasteiger partial charge in [-0.2, -0.15) is 0 Å². The van der Waals surface area contributed by atoms with Crippen LogP contribution in [0.5, 0.6) is 0 Å². The van der Waals surface area contributed by atoms with E-state index in [4.69, 9.17) is 16.3 Å². The molecular formula is C26H38ClNO4Si. The summed E-state index contributed by atoms with van der Waals surface area (Å²) in [6.45, 7) is 12.5. The van der Waals surface area contributed by atoms with E-state index in [9.17, 15) is 14.7 Å². The summed E-state index contributed by atoms with van der Waals surface area (Å²) in [5.41, 5.74) is 2.75. The molecule has 0 bridgehead atoms. The zero-order valence-corrected chi connectivity index (χ0v) is 22.4. The standard InChI is InChI=1S/C26H38ClNO4Si/c1-17(2)8-7-9-18(3)12-14-28-22-11-10-20(27)16-21(22)26(25(28)30)19(4)24(33(5,6)31)23(32-26)13-15-29/h8,10-12,16,19,23-24,29,31H,7,9,13-15H2,1-6H3/b18-12+/t19-,23+,24-,26+/m0/s1. The topological polar surface area (TPSA) is 70.0 Å². The maximum Gasteiger partial charge on any atom is 0.264 e. The quantitative estimate of drug-likeness (QED) is 0.369. The molecule has 4 atom stereocenters. The molecule has 5 nitrogen and oxygen atoms in total. The van der Waals surface area contributed by atoms with E-state index in [-0.39, 0.29) is 30.1 Å². The number of hydrogen-bond acceptors (Lipinski definition) is 4. The van der Waals surface area contributed by atoms with Gasteiger partial charge in [-0.25, -0.2) is 0 Å². The van der Waals surface area contributed by atoms with E-state index in [1.54, 1.807) is 11.0 Å². The molecule has 0 aliphatic carbocycles. The van der Waals surface area contributed by atoms with E-state index in [0.29, 0.717) is 18.0 Å². The van der Waals surface area contributed by atoms with Crippen LogP contribution >= 0.6 is 11.6 Å². The third-order valence-corrected chi connectivity index (χ3v) is 9.81. The summed E-state index contributed by atoms with van der Waals surface area (Å²) in [5, 5.41) is 10.2. The Balaban J connectivity index is 1.99. The first-order valence-electron chi connectivity index (χ1n) is 11.9. The van der Waals surface area contributed by atoms with Crippen molar-refractivity contribution in [2.24, 2.45) is 5.92 Å². The number of carbonyl (C=O) groups excluding carboxylic acids is 1. The number of ether oxygens (including phenoxy) is 1. The van der Waals surface area contributed by atoms with Crippen molar-refractivity contribution in [2.45, 2.75) is 77.3 Å². The maximum atomic E-state index is 14.0. The number of aliphatic hydroxyl groups excluding tert-OH is 1. The Morgan fingerprint density at radius 1 is 1.27 bits per heavy atom. The van der Waals surface area contributed by atoms with Gasteiger partial charge in [-0.15, -0.1) is 0 Å². The number of amides is 1. The Hall–Kier alpha value is -1.44. The van der Waals surface area contributed by atoms with Gasteiger partial charge in [0.05, 0.1) is 11.8 Å². The van der Waals surface area contributed by atoms with Crippen LogP contribution in [0, 0.1) is 5.92 Å². The van der Waals surface area contributed by atoms with Gasteiger partial charge in [0, 0.05) is 35.2 Å². The number of benzene rings is 1. The molecule has 0 unspecified atom stereocenters. The minimum absolute atomic E-state index is 0.0532. The molecule has 1 aromatic carbocycles. The lowest BCUT2D eigenvalue weighted by atomic mass is 9.82. The van der Waals surface area contributed by atoms with E-state index in [1.165, 1.54) is 11.1 Å². The molecule has 182 valence electrons. The Morgan fingerprint density at radius 2 is 1.97 bits per heavy atom. The normalized spacial score (nSPS) is 27.4. The van der Waals surface area contributed by atoms with Gasteiger partial charge in [-0.3, -0.25) is 4.79 Å². The van der Waals surface area contributed by atoms with Crippen LogP contribution in [-0.4, -0.2) is 43.4 Å². The highest BCUT2D eigenvalue weighted by Crippen LogP contribution is 2.59. The second-order valence-corrected chi connectivity index (χ2v) is 14.7. The summed E-state index contributed by atoms with van der Waals surface area (Å²) in [6, 6.07) is 5.53. The van der Waals surface area contributed by atoms with Crippen molar-refractivity contribution in [2.75, 3.05) is 18.1 Å². The van der Waals surface area contributed by atoms with Gasteiger partial charge in [-0.1, -0.05) is 41.8 Å². The van der Waals surface area contributed by atoms with Crippen molar-refractivity contribution in [3.05, 3.63) is 52.1 Å². The average Bonchev–Trinajstić information content (AvgIpc) is 3.13. The number of carbonyl (C=O) groups is 1. The van der Waals surface area contributed by atoms with Crippen LogP contribution in [0.25, 0.3) is 0 Å². The SMILES string of the molecule is CC(C)=CCC/C(C)=C/CN1C(=O)[C@]2(O[C@H](CCO)[C@@H]([Si](C)(C)O)[C@@H]2C)c2cc(Cl)ccc21. The Kier molecular flexibility index (Phi) is 7.96. The molecule has 0 saturated carbocycles. The highest BCUT2D eigenvalue weighted by molar-refractivity contribution is 6.71. The van der Waals surface area contributed by atoms with Crippen LogP contribution < -0.4 is 4.90 Å². The molecule has 1 aromatic rings. The largest absolute Gasteiger partial charge is 0.432 e. The zero-order valence-electron chi connectivity index (χ0n) is 20.7. The average molecular weight is 492 g/mol. The van der Waals surface area contributed by atoms with Gasteiger partial charge in [0.25, 0.3) is 5.91 Å². The van der Waals surface area contributed by atoms with Gasteiger partial charge in [0.15, 0.2) is 13.9 Å². The number of anilines is 1. The number of aliphatic hydroxyl groups is 1. The number of rotatable bonds is 8. The number of fused-ring (bicyclic) bond motifs is 2. The fourth-order valence-corrected chi connectivity index (χ4v) is 8.34. The molecule has 2 aliphatic heterocycles. The van der Waals surface area contributed by atoms with E-state index in [0.717, 1.165) is 24.1 Å². The lowest BCUT2D eigenvalue weighted by Crippen LogP contribution is -2.46. The van der Waals surface area contributed by atoms with Crippen LogP contribution in [0.1, 0.15) is 52.5 Å². The highest BCUT2D eigenvalue weighted by atomic mass is 35.5. The Morgan fingerprint density at radius 3 is 2.58 bits per heavy atom. The summed E-state index contributed by atoms with van der Waals surface area (Å²) >= 11 is 6.38. The molecule has 2 N–H and O–H groups in total. The van der Waals surface area contributed by atoms with E-state index < -0.39 is 13.9 Å². The molecule has 1 saturated heterocycles. The number of nitrogens with zero attached hydrogens (tertiary/aromatic N) is 1. The molecule has 0 aromatic heterocycles. The van der Waals surface area contributed by atoms with Gasteiger partial charge < -0.3 is 19.5 Å². The molecule has 33 heavy (non-hydrogen) atoms. The van der Waals surface area contributed by atoms with Gasteiger partial charge in [0.2, 0.25) is 0 Å². The van der Waals surface area contributed by atoms with Crippen molar-refractivity contribution < 1.29 is 19.4 Å². The van der Waals surface area contributed by atoms with Crippen LogP contribution in [0.4, 0.5) is 5.69 Å². The molecule has 1 spiro atoms. The fourth-order valence-electron chi connectivity index (χ4n) is 5.57. The second-order valence-electron chi connectivity index (χ2n) is 10.3. The monoisotopic (exact) mass is 491 g/mol. The molecule has 1 amide bonds. The summed E-state index contributed by atoms with van der Waals surface area (Å²) in [4.78, 5) is 26.9. The zero-order chi connectivity index (χ0) is 24.6. The number of halogens is 1. The molecule has 7 heteroatoms. The predicted molar refractivity (Wildman–Crippen MR) is 137 cm³/mol. The van der Waals surface area contributed by atoms with Crippen LogP contribution in [-0.2, 0) is 15.1 Å². The fraction of sp³-hybridized carbons (Fsp3) is 0.577. The van der Waals surface area contributed by atoms with Crippen molar-refractivity contribution in [1.29, 1.82) is 0 Å². The summed E-state index contributed by atoms with van der Waals surface area (Å²) in [7, 11) is -2.69. The molecule has 2 heterocycles. The third kappa shape index (κ3) is 5.01. The Bertz CT molecular complexity index is 950. The summed E-state index contributed by atoms with van der Waals surface area (Å²) in [6.07, 6.45) is 6.27. The minimum Gasteiger partial charge on any atom is -0.432 e. The minimum atomic E-state index is -2.69. The Labute approximate surface area is 204 Å². The first-order chi connectivity index (χ1) is 15.4. The summed E-state index contributed by atoms with van der Waals surface area (Å²) in [5.74, 6) is -0.345. The van der Waals surface area contributed by atoms with E-state index >= 15 is 0 Å². The lowest BCUT2D eigenvalue weighted by Gasteiger charge is -2.32. The first-order valence-corrected chi connectivity index (χ1v) is 15.3. The highest BCUT2D eigenvalue weighted by Gasteiger charge is 2.66. The van der Waals surface area contributed by atoms with Crippen molar-refractivity contribution in [3.8, 4) is 0 Å². The molecular weight excluding hydrogens is 454 g/mol. The first kappa shape index (κ1) is 26.2. The molecule has 1 fully saturated rings.